The zero-order valence-corrected chi connectivity index (χ0v) is 18.6. The molecule has 3 rings (SSSR count). The summed E-state index contributed by atoms with van der Waals surface area (Å²) in [6.07, 6.45) is 1.20. The predicted octanol–water partition coefficient (Wildman–Crippen LogP) is 5.66. The highest BCUT2D eigenvalue weighted by Crippen LogP contribution is 2.29. The molecule has 0 spiro atoms. The highest BCUT2D eigenvalue weighted by molar-refractivity contribution is 6.63. The smallest absolute Gasteiger partial charge is 0.222 e. The van der Waals surface area contributed by atoms with Gasteiger partial charge in [-0.1, -0.05) is 42.3 Å². The second-order valence-electron chi connectivity index (χ2n) is 7.01. The molecule has 1 aliphatic rings. The maximum absolute atomic E-state index is 11.0. The minimum atomic E-state index is -0.306. The molecule has 1 unspecified atom stereocenters. The van der Waals surface area contributed by atoms with Crippen molar-refractivity contribution >= 4 is 40.0 Å². The van der Waals surface area contributed by atoms with Gasteiger partial charge in [0.15, 0.2) is 0 Å². The Balaban J connectivity index is 1.58. The monoisotopic (exact) mass is 455 g/mol. The fourth-order valence-corrected chi connectivity index (χ4v) is 4.01. The van der Waals surface area contributed by atoms with Gasteiger partial charge in [-0.25, -0.2) is 0 Å². The summed E-state index contributed by atoms with van der Waals surface area (Å²) in [7, 11) is 0. The molecule has 0 aliphatic carbocycles. The lowest BCUT2D eigenvalue weighted by Crippen LogP contribution is -2.39. The number of hydrogen-bond donors (Lipinski definition) is 0. The van der Waals surface area contributed by atoms with Crippen molar-refractivity contribution in [3.63, 3.8) is 0 Å². The van der Waals surface area contributed by atoms with Crippen LogP contribution in [0.2, 0.25) is 10.0 Å². The Morgan fingerprint density at radius 1 is 1.21 bits per heavy atom. The van der Waals surface area contributed by atoms with Gasteiger partial charge < -0.3 is 9.47 Å². The van der Waals surface area contributed by atoms with Crippen LogP contribution >= 0.6 is 34.8 Å². The minimum absolute atomic E-state index is 0.0336. The van der Waals surface area contributed by atoms with Crippen molar-refractivity contribution in [3.05, 3.63) is 63.1 Å². The van der Waals surface area contributed by atoms with Crippen LogP contribution in [0, 0.1) is 0 Å². The van der Waals surface area contributed by atoms with Gasteiger partial charge in [-0.05, 0) is 53.4 Å². The van der Waals surface area contributed by atoms with Gasteiger partial charge in [-0.3, -0.25) is 9.69 Å². The lowest BCUT2D eigenvalue weighted by Gasteiger charge is -2.32. The molecule has 1 atom stereocenters. The molecule has 29 heavy (non-hydrogen) atoms. The Morgan fingerprint density at radius 2 is 1.90 bits per heavy atom. The molecule has 0 N–H and O–H groups in total. The van der Waals surface area contributed by atoms with Gasteiger partial charge in [0.25, 0.3) is 0 Å². The van der Waals surface area contributed by atoms with Crippen LogP contribution in [0.1, 0.15) is 36.1 Å². The summed E-state index contributed by atoms with van der Waals surface area (Å²) in [6.45, 7) is 5.19. The van der Waals surface area contributed by atoms with Crippen LogP contribution in [0.3, 0.4) is 0 Å². The molecule has 156 valence electrons. The number of rotatable bonds is 8. The predicted molar refractivity (Wildman–Crippen MR) is 117 cm³/mol. The summed E-state index contributed by atoms with van der Waals surface area (Å²) in [5.41, 5.74) is 2.96. The summed E-state index contributed by atoms with van der Waals surface area (Å²) in [5.74, 6) is 0.737. The maximum Gasteiger partial charge on any atom is 0.222 e. The van der Waals surface area contributed by atoms with Crippen molar-refractivity contribution in [2.24, 2.45) is 0 Å². The molecule has 1 saturated heterocycles. The van der Waals surface area contributed by atoms with Gasteiger partial charge >= 0.3 is 0 Å². The van der Waals surface area contributed by atoms with Gasteiger partial charge in [0, 0.05) is 41.7 Å². The molecule has 1 heterocycles. The Kier molecular flexibility index (Phi) is 8.22. The highest BCUT2D eigenvalue weighted by atomic mass is 35.5. The lowest BCUT2D eigenvalue weighted by molar-refractivity contribution is -0.112. The van der Waals surface area contributed by atoms with Crippen LogP contribution in [-0.2, 0) is 22.6 Å². The van der Waals surface area contributed by atoms with Crippen LogP contribution in [0.5, 0.6) is 5.75 Å². The molecule has 4 nitrogen and oxygen atoms in total. The fourth-order valence-electron chi connectivity index (χ4n) is 3.29. The normalized spacial score (nSPS) is 17.3. The number of carbonyl (C=O) groups is 1. The van der Waals surface area contributed by atoms with E-state index in [2.05, 4.69) is 11.8 Å². The van der Waals surface area contributed by atoms with E-state index in [9.17, 15) is 4.79 Å². The third kappa shape index (κ3) is 6.34. The largest absolute Gasteiger partial charge is 0.489 e. The number of nitrogens with zero attached hydrogens (tertiary/aromatic N) is 1. The van der Waals surface area contributed by atoms with Crippen LogP contribution in [0.15, 0.2) is 36.4 Å². The summed E-state index contributed by atoms with van der Waals surface area (Å²) in [6, 6.07) is 11.7. The standard InChI is InChI=1S/C22H24Cl3NO3/c1-2-15-11-19(23)18(20(24)12-15)14-29-17-5-3-16(4-6-17)21-13-26(9-10-28-21)8-7-22(25)27/h3-6,11-12,21H,2,7-10,13-14H2,1H3. The minimum Gasteiger partial charge on any atom is -0.489 e. The first-order chi connectivity index (χ1) is 14.0. The topological polar surface area (TPSA) is 38.8 Å². The Labute approximate surface area is 186 Å². The Morgan fingerprint density at radius 3 is 2.52 bits per heavy atom. The first-order valence-electron chi connectivity index (χ1n) is 9.68. The van der Waals surface area contributed by atoms with Gasteiger partial charge in [0.1, 0.15) is 12.4 Å². The van der Waals surface area contributed by atoms with Crippen molar-refractivity contribution < 1.29 is 14.3 Å². The van der Waals surface area contributed by atoms with E-state index < -0.39 is 0 Å². The van der Waals surface area contributed by atoms with E-state index in [0.717, 1.165) is 42.0 Å². The molecular formula is C22H24Cl3NO3. The van der Waals surface area contributed by atoms with E-state index >= 15 is 0 Å². The molecule has 0 radical (unpaired) electrons. The zero-order valence-electron chi connectivity index (χ0n) is 16.3. The second-order valence-corrected chi connectivity index (χ2v) is 8.25. The van der Waals surface area contributed by atoms with Crippen molar-refractivity contribution in [2.45, 2.75) is 32.5 Å². The third-order valence-corrected chi connectivity index (χ3v) is 5.88. The van der Waals surface area contributed by atoms with Gasteiger partial charge in [0.05, 0.1) is 12.7 Å². The molecule has 0 bridgehead atoms. The number of benzene rings is 2. The van der Waals surface area contributed by atoms with Gasteiger partial charge in [0.2, 0.25) is 5.24 Å². The third-order valence-electron chi connectivity index (χ3n) is 5.02. The summed E-state index contributed by atoms with van der Waals surface area (Å²) < 4.78 is 11.8. The number of carbonyl (C=O) groups excluding carboxylic acids is 1. The number of aryl methyl sites for hydroxylation is 1. The van der Waals surface area contributed by atoms with E-state index in [-0.39, 0.29) is 11.3 Å². The first kappa shape index (κ1) is 22.4. The fraction of sp³-hybridized carbons (Fsp3) is 0.409. The van der Waals surface area contributed by atoms with Gasteiger partial charge in [-0.15, -0.1) is 0 Å². The number of morpholine rings is 1. The summed E-state index contributed by atoms with van der Waals surface area (Å²) >= 11 is 18.1. The van der Waals surface area contributed by atoms with Crippen LogP contribution in [-0.4, -0.2) is 36.4 Å². The SMILES string of the molecule is CCc1cc(Cl)c(COc2ccc(C3CN(CCC(=O)Cl)CCO3)cc2)c(Cl)c1. The molecule has 0 saturated carbocycles. The first-order valence-corrected chi connectivity index (χ1v) is 10.8. The van der Waals surface area contributed by atoms with Crippen molar-refractivity contribution in [1.82, 2.24) is 4.90 Å². The summed E-state index contributed by atoms with van der Waals surface area (Å²) in [5, 5.41) is 0.938. The number of halogens is 3. The average Bonchev–Trinajstić information content (AvgIpc) is 2.72. The van der Waals surface area contributed by atoms with E-state index in [0.29, 0.717) is 36.2 Å². The molecule has 2 aromatic carbocycles. The quantitative estimate of drug-likeness (QED) is 0.480. The molecular weight excluding hydrogens is 433 g/mol. The molecule has 1 fully saturated rings. The number of hydrogen-bond acceptors (Lipinski definition) is 4. The van der Waals surface area contributed by atoms with Crippen LogP contribution in [0.4, 0.5) is 0 Å². The van der Waals surface area contributed by atoms with Crippen LogP contribution < -0.4 is 4.74 Å². The Hall–Kier alpha value is -1.30. The Bertz CT molecular complexity index is 819. The van der Waals surface area contributed by atoms with Crippen molar-refractivity contribution in [2.75, 3.05) is 26.2 Å². The molecule has 1 aliphatic heterocycles. The molecule has 0 amide bonds. The molecule has 7 heteroatoms. The molecule has 2 aromatic rings. The molecule has 0 aromatic heterocycles. The zero-order chi connectivity index (χ0) is 20.8. The second kappa shape index (κ2) is 10.6. The highest BCUT2D eigenvalue weighted by Gasteiger charge is 2.22. The van der Waals surface area contributed by atoms with Crippen LogP contribution in [0.25, 0.3) is 0 Å². The summed E-state index contributed by atoms with van der Waals surface area (Å²) in [4.78, 5) is 13.2. The van der Waals surface area contributed by atoms with Crippen molar-refractivity contribution in [1.29, 1.82) is 0 Å². The lowest BCUT2D eigenvalue weighted by atomic mass is 10.1. The van der Waals surface area contributed by atoms with E-state index in [1.807, 2.05) is 36.4 Å². The average molecular weight is 457 g/mol. The van der Waals surface area contributed by atoms with E-state index in [1.54, 1.807) is 0 Å². The number of ether oxygens (including phenoxy) is 2. The van der Waals surface area contributed by atoms with Crippen molar-refractivity contribution in [3.8, 4) is 5.75 Å². The van der Waals surface area contributed by atoms with E-state index in [1.165, 1.54) is 0 Å². The van der Waals surface area contributed by atoms with E-state index in [4.69, 9.17) is 44.3 Å². The maximum atomic E-state index is 11.0. The van der Waals surface area contributed by atoms with Gasteiger partial charge in [-0.2, -0.15) is 0 Å².